The van der Waals surface area contributed by atoms with E-state index >= 15 is 0 Å². The van der Waals surface area contributed by atoms with Gasteiger partial charge in [0.2, 0.25) is 17.8 Å². The normalized spacial score (nSPS) is 14.6. The lowest BCUT2D eigenvalue weighted by Gasteiger charge is -2.27. The Bertz CT molecular complexity index is 699. The van der Waals surface area contributed by atoms with Crippen molar-refractivity contribution in [2.75, 3.05) is 42.3 Å². The topological polar surface area (TPSA) is 119 Å². The standard InChI is InChI=1S/C14H17N7O2/c1-9(22)19-11-8-18-14(21-2-4-23-5-3-21)20-12(11)10-6-16-13(15)17-7-10/h6-8H,2-5H2,1H3,(H,19,22)(H2,15,16,17). The maximum atomic E-state index is 11.4. The molecule has 2 aromatic heterocycles. The van der Waals surface area contributed by atoms with Gasteiger partial charge in [-0.15, -0.1) is 0 Å². The molecule has 0 radical (unpaired) electrons. The summed E-state index contributed by atoms with van der Waals surface area (Å²) in [4.78, 5) is 30.3. The third kappa shape index (κ3) is 3.51. The molecule has 1 aliphatic rings. The van der Waals surface area contributed by atoms with Crippen molar-refractivity contribution in [1.29, 1.82) is 0 Å². The second kappa shape index (κ2) is 6.53. The van der Waals surface area contributed by atoms with E-state index in [1.54, 1.807) is 18.6 Å². The zero-order valence-corrected chi connectivity index (χ0v) is 12.7. The summed E-state index contributed by atoms with van der Waals surface area (Å²) in [5.41, 5.74) is 7.23. The Morgan fingerprint density at radius 1 is 1.22 bits per heavy atom. The highest BCUT2D eigenvalue weighted by atomic mass is 16.5. The molecule has 0 bridgehead atoms. The van der Waals surface area contributed by atoms with Crippen molar-refractivity contribution in [2.24, 2.45) is 0 Å². The highest BCUT2D eigenvalue weighted by Crippen LogP contribution is 2.27. The minimum Gasteiger partial charge on any atom is -0.378 e. The number of carbonyl (C=O) groups excluding carboxylic acids is 1. The summed E-state index contributed by atoms with van der Waals surface area (Å²) in [5.74, 6) is 0.553. The number of morpholine rings is 1. The highest BCUT2D eigenvalue weighted by Gasteiger charge is 2.17. The molecule has 9 heteroatoms. The van der Waals surface area contributed by atoms with Crippen molar-refractivity contribution >= 4 is 23.5 Å². The molecule has 1 amide bonds. The number of rotatable bonds is 3. The molecule has 1 fully saturated rings. The van der Waals surface area contributed by atoms with Crippen LogP contribution in [0.1, 0.15) is 6.92 Å². The number of anilines is 3. The Balaban J connectivity index is 2.00. The Hall–Kier alpha value is -2.81. The predicted octanol–water partition coefficient (Wildman–Crippen LogP) is 0.311. The van der Waals surface area contributed by atoms with E-state index in [1.165, 1.54) is 6.92 Å². The van der Waals surface area contributed by atoms with Crippen LogP contribution in [-0.2, 0) is 9.53 Å². The van der Waals surface area contributed by atoms with Gasteiger partial charge in [0.25, 0.3) is 0 Å². The second-order valence-electron chi connectivity index (χ2n) is 5.04. The van der Waals surface area contributed by atoms with Crippen LogP contribution in [0.2, 0.25) is 0 Å². The van der Waals surface area contributed by atoms with Crippen LogP contribution in [0, 0.1) is 0 Å². The fourth-order valence-corrected chi connectivity index (χ4v) is 2.25. The fourth-order valence-electron chi connectivity index (χ4n) is 2.25. The molecule has 23 heavy (non-hydrogen) atoms. The van der Waals surface area contributed by atoms with Crippen LogP contribution in [0.25, 0.3) is 11.3 Å². The molecule has 120 valence electrons. The van der Waals surface area contributed by atoms with Gasteiger partial charge in [-0.05, 0) is 0 Å². The first-order chi connectivity index (χ1) is 11.1. The number of hydrogen-bond donors (Lipinski definition) is 2. The van der Waals surface area contributed by atoms with Crippen LogP contribution >= 0.6 is 0 Å². The molecule has 3 rings (SSSR count). The SMILES string of the molecule is CC(=O)Nc1cnc(N2CCOCC2)nc1-c1cnc(N)nc1. The Labute approximate surface area is 132 Å². The average molecular weight is 315 g/mol. The van der Waals surface area contributed by atoms with Gasteiger partial charge in [-0.2, -0.15) is 0 Å². The third-order valence-corrected chi connectivity index (χ3v) is 3.33. The van der Waals surface area contributed by atoms with Gasteiger partial charge in [0.15, 0.2) is 0 Å². The number of aromatic nitrogens is 4. The van der Waals surface area contributed by atoms with Gasteiger partial charge in [-0.1, -0.05) is 0 Å². The third-order valence-electron chi connectivity index (χ3n) is 3.33. The number of ether oxygens (including phenoxy) is 1. The maximum absolute atomic E-state index is 11.4. The fraction of sp³-hybridized carbons (Fsp3) is 0.357. The average Bonchev–Trinajstić information content (AvgIpc) is 2.56. The van der Waals surface area contributed by atoms with Crippen molar-refractivity contribution in [1.82, 2.24) is 19.9 Å². The minimum absolute atomic E-state index is 0.178. The number of amides is 1. The summed E-state index contributed by atoms with van der Waals surface area (Å²) < 4.78 is 5.34. The van der Waals surface area contributed by atoms with Gasteiger partial charge in [0.1, 0.15) is 5.69 Å². The molecule has 2 aromatic rings. The van der Waals surface area contributed by atoms with Crippen LogP contribution in [0.5, 0.6) is 0 Å². The van der Waals surface area contributed by atoms with E-state index in [-0.39, 0.29) is 11.9 Å². The molecule has 0 aromatic carbocycles. The number of nitrogens with two attached hydrogens (primary N) is 1. The van der Waals surface area contributed by atoms with E-state index in [9.17, 15) is 4.79 Å². The van der Waals surface area contributed by atoms with Crippen LogP contribution in [0.4, 0.5) is 17.6 Å². The highest BCUT2D eigenvalue weighted by molar-refractivity contribution is 5.92. The van der Waals surface area contributed by atoms with Crippen molar-refractivity contribution in [3.8, 4) is 11.3 Å². The molecule has 0 spiro atoms. The molecule has 3 heterocycles. The Morgan fingerprint density at radius 2 is 1.91 bits per heavy atom. The number of nitrogen functional groups attached to an aromatic ring is 1. The monoisotopic (exact) mass is 315 g/mol. The molecule has 3 N–H and O–H groups in total. The summed E-state index contributed by atoms with van der Waals surface area (Å²) in [5, 5.41) is 2.72. The van der Waals surface area contributed by atoms with E-state index in [1.807, 2.05) is 4.90 Å². The van der Waals surface area contributed by atoms with Gasteiger partial charge in [-0.3, -0.25) is 4.79 Å². The molecule has 0 aliphatic carbocycles. The largest absolute Gasteiger partial charge is 0.378 e. The molecule has 0 saturated carbocycles. The van der Waals surface area contributed by atoms with Crippen molar-refractivity contribution in [3.05, 3.63) is 18.6 Å². The lowest BCUT2D eigenvalue weighted by Crippen LogP contribution is -2.37. The van der Waals surface area contributed by atoms with Crippen LogP contribution in [-0.4, -0.2) is 52.1 Å². The van der Waals surface area contributed by atoms with E-state index in [4.69, 9.17) is 10.5 Å². The lowest BCUT2D eigenvalue weighted by molar-refractivity contribution is -0.114. The van der Waals surface area contributed by atoms with Crippen LogP contribution in [0.15, 0.2) is 18.6 Å². The number of nitrogens with zero attached hydrogens (tertiary/aromatic N) is 5. The summed E-state index contributed by atoms with van der Waals surface area (Å²) in [7, 11) is 0. The van der Waals surface area contributed by atoms with Crippen LogP contribution < -0.4 is 16.0 Å². The maximum Gasteiger partial charge on any atom is 0.226 e. The summed E-state index contributed by atoms with van der Waals surface area (Å²) >= 11 is 0. The summed E-state index contributed by atoms with van der Waals surface area (Å²) in [6.45, 7) is 4.14. The van der Waals surface area contributed by atoms with E-state index < -0.39 is 0 Å². The van der Waals surface area contributed by atoms with Gasteiger partial charge in [0.05, 0.1) is 25.1 Å². The number of carbonyl (C=O) groups is 1. The van der Waals surface area contributed by atoms with E-state index in [0.29, 0.717) is 36.1 Å². The van der Waals surface area contributed by atoms with Crippen molar-refractivity contribution in [2.45, 2.75) is 6.92 Å². The molecule has 9 nitrogen and oxygen atoms in total. The smallest absolute Gasteiger partial charge is 0.226 e. The zero-order chi connectivity index (χ0) is 16.2. The van der Waals surface area contributed by atoms with Gasteiger partial charge >= 0.3 is 0 Å². The molecular formula is C14H17N7O2. The van der Waals surface area contributed by atoms with Crippen molar-refractivity contribution < 1.29 is 9.53 Å². The molecule has 1 saturated heterocycles. The number of hydrogen-bond acceptors (Lipinski definition) is 8. The Kier molecular flexibility index (Phi) is 4.29. The van der Waals surface area contributed by atoms with E-state index in [0.717, 1.165) is 13.1 Å². The molecular weight excluding hydrogens is 298 g/mol. The Morgan fingerprint density at radius 3 is 2.57 bits per heavy atom. The van der Waals surface area contributed by atoms with Gasteiger partial charge < -0.3 is 20.7 Å². The second-order valence-corrected chi connectivity index (χ2v) is 5.04. The molecule has 0 atom stereocenters. The first-order valence-electron chi connectivity index (χ1n) is 7.18. The minimum atomic E-state index is -0.203. The predicted molar refractivity (Wildman–Crippen MR) is 84.8 cm³/mol. The first-order valence-corrected chi connectivity index (χ1v) is 7.18. The number of nitrogens with one attached hydrogen (secondary N) is 1. The zero-order valence-electron chi connectivity index (χ0n) is 12.7. The molecule has 0 unspecified atom stereocenters. The van der Waals surface area contributed by atoms with Crippen LogP contribution in [0.3, 0.4) is 0 Å². The van der Waals surface area contributed by atoms with Crippen molar-refractivity contribution in [3.63, 3.8) is 0 Å². The lowest BCUT2D eigenvalue weighted by atomic mass is 10.2. The van der Waals surface area contributed by atoms with E-state index in [2.05, 4.69) is 25.3 Å². The first kappa shape index (κ1) is 15.1. The summed E-state index contributed by atoms with van der Waals surface area (Å²) in [6.07, 6.45) is 4.73. The van der Waals surface area contributed by atoms with Gasteiger partial charge in [0, 0.05) is 38.0 Å². The van der Waals surface area contributed by atoms with Gasteiger partial charge in [-0.25, -0.2) is 19.9 Å². The quantitative estimate of drug-likeness (QED) is 0.830. The summed E-state index contributed by atoms with van der Waals surface area (Å²) in [6, 6.07) is 0. The molecule has 1 aliphatic heterocycles.